The molecule has 0 spiro atoms. The fourth-order valence-corrected chi connectivity index (χ4v) is 2.23. The Balaban J connectivity index is 2.23. The van der Waals surface area contributed by atoms with Crippen LogP contribution in [0.15, 0.2) is 22.7 Å². The highest BCUT2D eigenvalue weighted by Gasteiger charge is 2.12. The van der Waals surface area contributed by atoms with Gasteiger partial charge in [0.25, 0.3) is 0 Å². The highest BCUT2D eigenvalue weighted by molar-refractivity contribution is 7.99. The zero-order valence-electron chi connectivity index (χ0n) is 12.7. The summed E-state index contributed by atoms with van der Waals surface area (Å²) in [5, 5.41) is 4.54. The third-order valence-electron chi connectivity index (χ3n) is 2.43. The minimum absolute atomic E-state index is 0.0115. The second-order valence-electron chi connectivity index (χ2n) is 4.74. The highest BCUT2D eigenvalue weighted by atomic mass is 32.2. The molecular weight excluding hydrogens is 288 g/mol. The zero-order chi connectivity index (χ0) is 15.2. The third kappa shape index (κ3) is 4.59. The van der Waals surface area contributed by atoms with E-state index >= 15 is 0 Å². The van der Waals surface area contributed by atoms with Crippen LogP contribution in [-0.4, -0.2) is 37.2 Å². The topological polar surface area (TPSA) is 77.8 Å². The van der Waals surface area contributed by atoms with Crippen molar-refractivity contribution in [3.8, 4) is 6.01 Å². The minimum atomic E-state index is 0.0115. The first-order chi connectivity index (χ1) is 10.1. The first-order valence-electron chi connectivity index (χ1n) is 6.90. The molecule has 0 amide bonds. The number of rotatable bonds is 7. The van der Waals surface area contributed by atoms with Gasteiger partial charge in [-0.1, -0.05) is 6.92 Å². The number of hydrogen-bond donors (Lipinski definition) is 1. The molecular formula is C13H20N6OS. The Kier molecular flexibility index (Phi) is 5.38. The summed E-state index contributed by atoms with van der Waals surface area (Å²) in [5.41, 5.74) is 0. The number of ether oxygens (including phenoxy) is 1. The molecule has 2 rings (SSSR count). The summed E-state index contributed by atoms with van der Waals surface area (Å²) in [4.78, 5) is 17.2. The van der Waals surface area contributed by atoms with Gasteiger partial charge >= 0.3 is 6.01 Å². The van der Waals surface area contributed by atoms with Crippen molar-refractivity contribution in [1.82, 2.24) is 24.5 Å². The van der Waals surface area contributed by atoms with Crippen molar-refractivity contribution in [1.29, 1.82) is 0 Å². The molecule has 2 heterocycles. The van der Waals surface area contributed by atoms with E-state index in [9.17, 15) is 0 Å². The van der Waals surface area contributed by atoms with Crippen LogP contribution in [-0.2, 0) is 7.05 Å². The summed E-state index contributed by atoms with van der Waals surface area (Å²) < 4.78 is 7.50. The molecule has 2 aromatic heterocycles. The second-order valence-corrected chi connectivity index (χ2v) is 5.67. The Morgan fingerprint density at radius 3 is 2.76 bits per heavy atom. The van der Waals surface area contributed by atoms with Crippen molar-refractivity contribution in [2.75, 3.05) is 11.9 Å². The average Bonchev–Trinajstić information content (AvgIpc) is 2.81. The van der Waals surface area contributed by atoms with E-state index in [1.165, 1.54) is 11.8 Å². The van der Waals surface area contributed by atoms with E-state index in [4.69, 9.17) is 4.74 Å². The van der Waals surface area contributed by atoms with Crippen molar-refractivity contribution >= 4 is 17.7 Å². The van der Waals surface area contributed by atoms with E-state index < -0.39 is 0 Å². The molecule has 114 valence electrons. The van der Waals surface area contributed by atoms with Gasteiger partial charge in [0, 0.05) is 26.0 Å². The molecule has 0 unspecified atom stereocenters. The van der Waals surface area contributed by atoms with Gasteiger partial charge < -0.3 is 14.6 Å². The lowest BCUT2D eigenvalue weighted by atomic mass is 10.5. The van der Waals surface area contributed by atoms with Crippen LogP contribution in [0.3, 0.4) is 0 Å². The average molecular weight is 308 g/mol. The Bertz CT molecular complexity index is 586. The van der Waals surface area contributed by atoms with E-state index in [1.54, 1.807) is 6.20 Å². The van der Waals surface area contributed by atoms with Gasteiger partial charge in [0.2, 0.25) is 11.1 Å². The van der Waals surface area contributed by atoms with Crippen molar-refractivity contribution in [2.45, 2.75) is 43.6 Å². The quantitative estimate of drug-likeness (QED) is 0.841. The predicted octanol–water partition coefficient (Wildman–Crippen LogP) is 2.37. The third-order valence-corrected chi connectivity index (χ3v) is 3.37. The van der Waals surface area contributed by atoms with Crippen molar-refractivity contribution < 1.29 is 4.74 Å². The lowest BCUT2D eigenvalue weighted by molar-refractivity contribution is 0.219. The number of aromatic nitrogens is 5. The Hall–Kier alpha value is -1.83. The van der Waals surface area contributed by atoms with Crippen LogP contribution in [0, 0.1) is 0 Å². The lowest BCUT2D eigenvalue weighted by Gasteiger charge is -2.10. The van der Waals surface area contributed by atoms with E-state index in [2.05, 4.69) is 32.2 Å². The smallest absolute Gasteiger partial charge is 0.322 e. The summed E-state index contributed by atoms with van der Waals surface area (Å²) in [6.07, 6.45) is 4.63. The molecule has 21 heavy (non-hydrogen) atoms. The number of aryl methyl sites for hydroxylation is 1. The Morgan fingerprint density at radius 2 is 2.14 bits per heavy atom. The molecule has 0 saturated heterocycles. The molecule has 2 aromatic rings. The fourth-order valence-electron chi connectivity index (χ4n) is 1.49. The summed E-state index contributed by atoms with van der Waals surface area (Å²) in [6.45, 7) is 6.77. The SMILES string of the molecule is CCCNc1nc(OC(C)C)nc(Sc2nccn2C)n1. The number of anilines is 1. The van der Waals surface area contributed by atoms with Gasteiger partial charge in [-0.15, -0.1) is 0 Å². The summed E-state index contributed by atoms with van der Waals surface area (Å²) in [5.74, 6) is 0.527. The second kappa shape index (κ2) is 7.26. The maximum Gasteiger partial charge on any atom is 0.322 e. The van der Waals surface area contributed by atoms with Crippen LogP contribution >= 0.6 is 11.8 Å². The van der Waals surface area contributed by atoms with Crippen molar-refractivity contribution in [2.24, 2.45) is 7.05 Å². The van der Waals surface area contributed by atoms with Crippen LogP contribution in [0.2, 0.25) is 0 Å². The van der Waals surface area contributed by atoms with E-state index in [0.29, 0.717) is 17.1 Å². The number of hydrogen-bond acceptors (Lipinski definition) is 7. The largest absolute Gasteiger partial charge is 0.461 e. The van der Waals surface area contributed by atoms with Gasteiger partial charge in [0.15, 0.2) is 5.16 Å². The van der Waals surface area contributed by atoms with Crippen molar-refractivity contribution in [3.63, 3.8) is 0 Å². The van der Waals surface area contributed by atoms with Gasteiger partial charge in [-0.05, 0) is 32.0 Å². The summed E-state index contributed by atoms with van der Waals surface area (Å²) >= 11 is 1.38. The van der Waals surface area contributed by atoms with Crippen molar-refractivity contribution in [3.05, 3.63) is 12.4 Å². The molecule has 0 aliphatic rings. The Morgan fingerprint density at radius 1 is 1.33 bits per heavy atom. The minimum Gasteiger partial charge on any atom is -0.461 e. The number of imidazole rings is 1. The monoisotopic (exact) mass is 308 g/mol. The van der Waals surface area contributed by atoms with Crippen LogP contribution in [0.4, 0.5) is 5.95 Å². The molecule has 8 heteroatoms. The first kappa shape index (κ1) is 15.6. The maximum absolute atomic E-state index is 5.58. The molecule has 0 fully saturated rings. The standard InChI is InChI=1S/C13H20N6OS/c1-5-6-14-10-16-11(20-9(2)3)18-12(17-10)21-13-15-7-8-19(13)4/h7-9H,5-6H2,1-4H3,(H,14,16,17,18). The van der Waals surface area contributed by atoms with Gasteiger partial charge in [-0.3, -0.25) is 0 Å². The molecule has 0 atom stereocenters. The van der Waals surface area contributed by atoms with Crippen LogP contribution in [0.5, 0.6) is 6.01 Å². The fraction of sp³-hybridized carbons (Fsp3) is 0.538. The molecule has 0 aromatic carbocycles. The molecule has 0 bridgehead atoms. The van der Waals surface area contributed by atoms with E-state index in [0.717, 1.165) is 18.1 Å². The van der Waals surface area contributed by atoms with E-state index in [1.807, 2.05) is 31.7 Å². The Labute approximate surface area is 128 Å². The van der Waals surface area contributed by atoms with Crippen LogP contribution < -0.4 is 10.1 Å². The maximum atomic E-state index is 5.58. The lowest BCUT2D eigenvalue weighted by Crippen LogP contribution is -2.12. The highest BCUT2D eigenvalue weighted by Crippen LogP contribution is 2.24. The molecule has 0 aliphatic carbocycles. The summed E-state index contributed by atoms with van der Waals surface area (Å²) in [6, 6.07) is 0.329. The molecule has 0 radical (unpaired) electrons. The zero-order valence-corrected chi connectivity index (χ0v) is 13.5. The van der Waals surface area contributed by atoms with Crippen LogP contribution in [0.1, 0.15) is 27.2 Å². The normalized spacial score (nSPS) is 10.9. The van der Waals surface area contributed by atoms with Gasteiger partial charge in [-0.25, -0.2) is 4.98 Å². The van der Waals surface area contributed by atoms with Gasteiger partial charge in [0.1, 0.15) is 0 Å². The number of nitrogens with zero attached hydrogens (tertiary/aromatic N) is 5. The first-order valence-corrected chi connectivity index (χ1v) is 7.72. The van der Waals surface area contributed by atoms with Gasteiger partial charge in [0.05, 0.1) is 6.10 Å². The molecule has 7 nitrogen and oxygen atoms in total. The number of nitrogens with one attached hydrogen (secondary N) is 1. The van der Waals surface area contributed by atoms with Gasteiger partial charge in [-0.2, -0.15) is 15.0 Å². The molecule has 0 saturated carbocycles. The molecule has 1 N–H and O–H groups in total. The summed E-state index contributed by atoms with van der Waals surface area (Å²) in [7, 11) is 1.93. The molecule has 0 aliphatic heterocycles. The van der Waals surface area contributed by atoms with E-state index in [-0.39, 0.29) is 6.10 Å². The van der Waals surface area contributed by atoms with Crippen LogP contribution in [0.25, 0.3) is 0 Å². The predicted molar refractivity (Wildman–Crippen MR) is 81.7 cm³/mol.